The van der Waals surface area contributed by atoms with E-state index in [1.165, 1.54) is 180 Å². The molecular formula is C36H74. The monoisotopic (exact) mass is 507 g/mol. The van der Waals surface area contributed by atoms with E-state index in [9.17, 15) is 0 Å². The summed E-state index contributed by atoms with van der Waals surface area (Å²) < 4.78 is 0. The van der Waals surface area contributed by atoms with Gasteiger partial charge in [0.25, 0.3) is 0 Å². The average Bonchev–Trinajstić information content (AvgIpc) is 2.87. The zero-order valence-corrected chi connectivity index (χ0v) is 26.5. The molecule has 0 radical (unpaired) electrons. The molecule has 36 heavy (non-hydrogen) atoms. The molecule has 3 unspecified atom stereocenters. The third-order valence-corrected chi connectivity index (χ3v) is 9.04. The molecule has 0 amide bonds. The summed E-state index contributed by atoms with van der Waals surface area (Å²) in [5, 5.41) is 0. The minimum absolute atomic E-state index is 0.941. The topological polar surface area (TPSA) is 0 Å². The molecule has 0 spiro atoms. The summed E-state index contributed by atoms with van der Waals surface area (Å²) in [7, 11) is 0. The quantitative estimate of drug-likeness (QED) is 0.0849. The molecule has 0 N–H and O–H groups in total. The van der Waals surface area contributed by atoms with Gasteiger partial charge < -0.3 is 0 Å². The van der Waals surface area contributed by atoms with Crippen molar-refractivity contribution in [2.45, 2.75) is 214 Å². The van der Waals surface area contributed by atoms with Crippen molar-refractivity contribution in [1.82, 2.24) is 0 Å². The summed E-state index contributed by atoms with van der Waals surface area (Å²) in [5.41, 5.74) is 0. The largest absolute Gasteiger partial charge is 0.0654 e. The minimum Gasteiger partial charge on any atom is -0.0654 e. The Bertz CT molecular complexity index is 385. The van der Waals surface area contributed by atoms with Crippen molar-refractivity contribution in [2.24, 2.45) is 17.8 Å². The number of unbranched alkanes of at least 4 members (excludes halogenated alkanes) is 19. The molecule has 0 aromatic rings. The van der Waals surface area contributed by atoms with Gasteiger partial charge in [-0.1, -0.05) is 214 Å². The van der Waals surface area contributed by atoms with Gasteiger partial charge in [-0.05, 0) is 17.8 Å². The fourth-order valence-electron chi connectivity index (χ4n) is 5.86. The van der Waals surface area contributed by atoms with Crippen LogP contribution in [-0.4, -0.2) is 0 Å². The Morgan fingerprint density at radius 3 is 0.833 bits per heavy atom. The second kappa shape index (κ2) is 29.6. The maximum Gasteiger partial charge on any atom is -0.0443 e. The van der Waals surface area contributed by atoms with Crippen LogP contribution >= 0.6 is 0 Å². The summed E-state index contributed by atoms with van der Waals surface area (Å²) in [4.78, 5) is 0. The summed E-state index contributed by atoms with van der Waals surface area (Å²) in [6.07, 6.45) is 41.1. The maximum atomic E-state index is 2.51. The molecule has 0 saturated heterocycles. The first-order valence-corrected chi connectivity index (χ1v) is 17.6. The van der Waals surface area contributed by atoms with Crippen molar-refractivity contribution >= 4 is 0 Å². The second-order valence-corrected chi connectivity index (χ2v) is 13.1. The van der Waals surface area contributed by atoms with E-state index < -0.39 is 0 Å². The highest BCUT2D eigenvalue weighted by Crippen LogP contribution is 2.22. The van der Waals surface area contributed by atoms with Crippen LogP contribution in [0.25, 0.3) is 0 Å². The Balaban J connectivity index is 3.27. The molecule has 0 fully saturated rings. The minimum atomic E-state index is 0.941. The normalized spacial score (nSPS) is 14.2. The van der Waals surface area contributed by atoms with Gasteiger partial charge in [0.2, 0.25) is 0 Å². The Morgan fingerprint density at radius 2 is 0.528 bits per heavy atom. The van der Waals surface area contributed by atoms with Gasteiger partial charge in [0, 0.05) is 0 Å². The molecule has 0 nitrogen and oxygen atoms in total. The maximum absolute atomic E-state index is 2.51. The second-order valence-electron chi connectivity index (χ2n) is 13.1. The molecule has 0 aromatic carbocycles. The van der Waals surface area contributed by atoms with E-state index in [0.29, 0.717) is 0 Å². The third kappa shape index (κ3) is 28.6. The van der Waals surface area contributed by atoms with Gasteiger partial charge in [0.1, 0.15) is 0 Å². The van der Waals surface area contributed by atoms with Crippen molar-refractivity contribution in [1.29, 1.82) is 0 Å². The zero-order chi connectivity index (χ0) is 26.5. The molecule has 0 aromatic heterocycles. The Hall–Kier alpha value is 0. The zero-order valence-electron chi connectivity index (χ0n) is 26.5. The number of hydrogen-bond acceptors (Lipinski definition) is 0. The lowest BCUT2D eigenvalue weighted by Gasteiger charge is -2.14. The van der Waals surface area contributed by atoms with Crippen molar-refractivity contribution in [2.75, 3.05) is 0 Å². The van der Waals surface area contributed by atoms with Crippen LogP contribution < -0.4 is 0 Å². The number of hydrogen-bond donors (Lipinski definition) is 0. The molecule has 0 heterocycles. The van der Waals surface area contributed by atoms with Crippen molar-refractivity contribution in [3.63, 3.8) is 0 Å². The Morgan fingerprint density at radius 1 is 0.278 bits per heavy atom. The third-order valence-electron chi connectivity index (χ3n) is 9.04. The molecule has 0 heteroatoms. The van der Waals surface area contributed by atoms with Crippen LogP contribution in [0.2, 0.25) is 0 Å². The highest BCUT2D eigenvalue weighted by Gasteiger charge is 2.06. The Kier molecular flexibility index (Phi) is 29.6. The standard InChI is InChI=1S/C36H74/c1-6-8-9-10-11-12-13-14-15-16-17-18-19-20-22-26-30-35(4)32-28-33-36(5)31-27-24-21-23-25-29-34(3)7-2/h34-36H,6-33H2,1-5H3. The predicted molar refractivity (Wildman–Crippen MR) is 168 cm³/mol. The van der Waals surface area contributed by atoms with E-state index in [-0.39, 0.29) is 0 Å². The highest BCUT2D eigenvalue weighted by molar-refractivity contribution is 4.60. The van der Waals surface area contributed by atoms with Crippen LogP contribution in [0.3, 0.4) is 0 Å². The fourth-order valence-corrected chi connectivity index (χ4v) is 5.86. The van der Waals surface area contributed by atoms with Crippen LogP contribution in [0.4, 0.5) is 0 Å². The Labute approximate surface area is 232 Å². The fraction of sp³-hybridized carbons (Fsp3) is 1.00. The van der Waals surface area contributed by atoms with Crippen LogP contribution in [0.5, 0.6) is 0 Å². The lowest BCUT2D eigenvalue weighted by Crippen LogP contribution is -1.99. The summed E-state index contributed by atoms with van der Waals surface area (Å²) >= 11 is 0. The molecule has 3 atom stereocenters. The van der Waals surface area contributed by atoms with Gasteiger partial charge in [-0.25, -0.2) is 0 Å². The molecule has 0 aliphatic carbocycles. The predicted octanol–water partition coefficient (Wildman–Crippen LogP) is 13.9. The van der Waals surface area contributed by atoms with Crippen molar-refractivity contribution < 1.29 is 0 Å². The van der Waals surface area contributed by atoms with Gasteiger partial charge in [0.15, 0.2) is 0 Å². The number of rotatable bonds is 30. The van der Waals surface area contributed by atoms with E-state index in [2.05, 4.69) is 34.6 Å². The molecular weight excluding hydrogens is 432 g/mol. The van der Waals surface area contributed by atoms with E-state index >= 15 is 0 Å². The van der Waals surface area contributed by atoms with E-state index in [4.69, 9.17) is 0 Å². The van der Waals surface area contributed by atoms with Crippen molar-refractivity contribution in [3.8, 4) is 0 Å². The first kappa shape index (κ1) is 36.0. The van der Waals surface area contributed by atoms with E-state index in [1.54, 1.807) is 0 Å². The van der Waals surface area contributed by atoms with Crippen LogP contribution in [0.1, 0.15) is 214 Å². The molecule has 0 aliphatic rings. The smallest absolute Gasteiger partial charge is 0.0443 e. The molecule has 0 bridgehead atoms. The van der Waals surface area contributed by atoms with Crippen LogP contribution in [-0.2, 0) is 0 Å². The molecule has 0 aliphatic heterocycles. The van der Waals surface area contributed by atoms with E-state index in [0.717, 1.165) is 17.8 Å². The summed E-state index contributed by atoms with van der Waals surface area (Å²) in [6.45, 7) is 12.1. The molecule has 0 saturated carbocycles. The lowest BCUT2D eigenvalue weighted by atomic mass is 9.92. The first-order chi connectivity index (χ1) is 17.6. The summed E-state index contributed by atoms with van der Waals surface area (Å²) in [6, 6.07) is 0. The van der Waals surface area contributed by atoms with Crippen LogP contribution in [0.15, 0.2) is 0 Å². The van der Waals surface area contributed by atoms with Gasteiger partial charge in [-0.2, -0.15) is 0 Å². The van der Waals surface area contributed by atoms with Gasteiger partial charge >= 0.3 is 0 Å². The van der Waals surface area contributed by atoms with Gasteiger partial charge in [0.05, 0.1) is 0 Å². The first-order valence-electron chi connectivity index (χ1n) is 17.6. The average molecular weight is 507 g/mol. The molecule has 0 rings (SSSR count). The summed E-state index contributed by atoms with van der Waals surface area (Å²) in [5.74, 6) is 2.85. The SMILES string of the molecule is CCCCCCCCCCCCCCCCCCC(C)CCCC(C)CCCCCCCC(C)CC. The molecule has 218 valence electrons. The van der Waals surface area contributed by atoms with Gasteiger partial charge in [-0.3, -0.25) is 0 Å². The van der Waals surface area contributed by atoms with Gasteiger partial charge in [-0.15, -0.1) is 0 Å². The highest BCUT2D eigenvalue weighted by atomic mass is 14.1. The van der Waals surface area contributed by atoms with Crippen LogP contribution in [0, 0.1) is 17.8 Å². The van der Waals surface area contributed by atoms with E-state index in [1.807, 2.05) is 0 Å². The van der Waals surface area contributed by atoms with Crippen molar-refractivity contribution in [3.05, 3.63) is 0 Å². The lowest BCUT2D eigenvalue weighted by molar-refractivity contribution is 0.389.